The van der Waals surface area contributed by atoms with Gasteiger partial charge in [-0.3, -0.25) is 4.79 Å². The van der Waals surface area contributed by atoms with Crippen LogP contribution < -0.4 is 5.32 Å². The molecule has 0 aliphatic heterocycles. The Kier molecular flexibility index (Phi) is 2.02. The van der Waals surface area contributed by atoms with E-state index in [1.54, 1.807) is 25.2 Å². The zero-order chi connectivity index (χ0) is 10.2. The molecule has 0 spiro atoms. The van der Waals surface area contributed by atoms with Crippen molar-refractivity contribution in [2.45, 2.75) is 18.3 Å². The van der Waals surface area contributed by atoms with E-state index in [0.717, 1.165) is 12.8 Å². The molecule has 0 atom stereocenters. The predicted molar refractivity (Wildman–Crippen MR) is 51.4 cm³/mol. The highest BCUT2D eigenvalue weighted by atomic mass is 19.1. The second kappa shape index (κ2) is 3.08. The van der Waals surface area contributed by atoms with Gasteiger partial charge >= 0.3 is 0 Å². The molecule has 1 aliphatic carbocycles. The Bertz CT molecular complexity index is 371. The smallest absolute Gasteiger partial charge is 0.230 e. The summed E-state index contributed by atoms with van der Waals surface area (Å²) in [5.74, 6) is -0.365. The van der Waals surface area contributed by atoms with Gasteiger partial charge in [-0.1, -0.05) is 18.2 Å². The Hall–Kier alpha value is -1.38. The van der Waals surface area contributed by atoms with Gasteiger partial charge < -0.3 is 5.32 Å². The number of carbonyl (C=O) groups excluding carboxylic acids is 1. The third-order valence-electron chi connectivity index (χ3n) is 2.80. The summed E-state index contributed by atoms with van der Waals surface area (Å²) >= 11 is 0. The van der Waals surface area contributed by atoms with E-state index in [9.17, 15) is 9.18 Å². The minimum atomic E-state index is -0.583. The van der Waals surface area contributed by atoms with Gasteiger partial charge in [-0.05, 0) is 18.9 Å². The Morgan fingerprint density at radius 3 is 2.57 bits per heavy atom. The SMILES string of the molecule is CNC(=O)C1(c2ccccc2F)CC1. The summed E-state index contributed by atoms with van der Waals surface area (Å²) in [5, 5.41) is 2.59. The Morgan fingerprint density at radius 2 is 2.07 bits per heavy atom. The number of hydrogen-bond donors (Lipinski definition) is 1. The van der Waals surface area contributed by atoms with Crippen LogP contribution in [0.15, 0.2) is 24.3 Å². The van der Waals surface area contributed by atoms with E-state index in [-0.39, 0.29) is 11.7 Å². The molecule has 1 N–H and O–H groups in total. The Morgan fingerprint density at radius 1 is 1.43 bits per heavy atom. The normalized spacial score (nSPS) is 17.6. The molecule has 2 nitrogen and oxygen atoms in total. The number of hydrogen-bond acceptors (Lipinski definition) is 1. The number of amides is 1. The summed E-state index contributed by atoms with van der Waals surface area (Å²) in [5.41, 5.74) is -0.0561. The molecule has 74 valence electrons. The molecule has 2 rings (SSSR count). The van der Waals surface area contributed by atoms with Crippen molar-refractivity contribution in [2.24, 2.45) is 0 Å². The molecule has 0 bridgehead atoms. The summed E-state index contributed by atoms with van der Waals surface area (Å²) in [7, 11) is 1.59. The van der Waals surface area contributed by atoms with Crippen LogP contribution in [0.5, 0.6) is 0 Å². The topological polar surface area (TPSA) is 29.1 Å². The van der Waals surface area contributed by atoms with Crippen molar-refractivity contribution >= 4 is 5.91 Å². The summed E-state index contributed by atoms with van der Waals surface area (Å²) in [6.45, 7) is 0. The molecule has 1 fully saturated rings. The number of rotatable bonds is 2. The molecule has 0 unspecified atom stereocenters. The molecule has 1 amide bonds. The van der Waals surface area contributed by atoms with E-state index < -0.39 is 5.41 Å². The number of carbonyl (C=O) groups is 1. The fraction of sp³-hybridized carbons (Fsp3) is 0.364. The molecule has 0 heterocycles. The minimum absolute atomic E-state index is 0.0809. The van der Waals surface area contributed by atoms with Crippen molar-refractivity contribution in [1.82, 2.24) is 5.32 Å². The molecule has 1 aromatic carbocycles. The Labute approximate surface area is 82.1 Å². The van der Waals surface area contributed by atoms with Crippen molar-refractivity contribution < 1.29 is 9.18 Å². The van der Waals surface area contributed by atoms with Crippen LogP contribution in [0, 0.1) is 5.82 Å². The second-order valence-electron chi connectivity index (χ2n) is 3.64. The van der Waals surface area contributed by atoms with Gasteiger partial charge in [0.1, 0.15) is 5.82 Å². The number of nitrogens with one attached hydrogen (secondary N) is 1. The molecule has 0 radical (unpaired) electrons. The van der Waals surface area contributed by atoms with Gasteiger partial charge in [-0.25, -0.2) is 4.39 Å². The lowest BCUT2D eigenvalue weighted by molar-refractivity contribution is -0.123. The van der Waals surface area contributed by atoms with E-state index in [2.05, 4.69) is 5.32 Å². The van der Waals surface area contributed by atoms with Crippen molar-refractivity contribution in [2.75, 3.05) is 7.05 Å². The fourth-order valence-electron chi connectivity index (χ4n) is 1.83. The van der Waals surface area contributed by atoms with E-state index >= 15 is 0 Å². The highest BCUT2D eigenvalue weighted by molar-refractivity contribution is 5.91. The van der Waals surface area contributed by atoms with Gasteiger partial charge in [-0.2, -0.15) is 0 Å². The number of halogens is 1. The van der Waals surface area contributed by atoms with Gasteiger partial charge in [0, 0.05) is 12.6 Å². The highest BCUT2D eigenvalue weighted by Crippen LogP contribution is 2.49. The maximum Gasteiger partial charge on any atom is 0.230 e. The van der Waals surface area contributed by atoms with Crippen LogP contribution in [0.3, 0.4) is 0 Å². The van der Waals surface area contributed by atoms with E-state index in [1.165, 1.54) is 6.07 Å². The minimum Gasteiger partial charge on any atom is -0.358 e. The van der Waals surface area contributed by atoms with Crippen molar-refractivity contribution in [3.05, 3.63) is 35.6 Å². The maximum atomic E-state index is 13.4. The summed E-state index contributed by atoms with van der Waals surface area (Å²) in [4.78, 5) is 11.6. The molecular formula is C11H12FNO. The first-order chi connectivity index (χ1) is 6.70. The first-order valence-electron chi connectivity index (χ1n) is 4.68. The lowest BCUT2D eigenvalue weighted by Crippen LogP contribution is -2.32. The van der Waals surface area contributed by atoms with E-state index in [0.29, 0.717) is 5.56 Å². The van der Waals surface area contributed by atoms with E-state index in [4.69, 9.17) is 0 Å². The predicted octanol–water partition coefficient (Wildman–Crippen LogP) is 1.60. The maximum absolute atomic E-state index is 13.4. The molecule has 14 heavy (non-hydrogen) atoms. The van der Waals surface area contributed by atoms with Crippen molar-refractivity contribution in [1.29, 1.82) is 0 Å². The van der Waals surface area contributed by atoms with Crippen molar-refractivity contribution in [3.63, 3.8) is 0 Å². The summed E-state index contributed by atoms with van der Waals surface area (Å²) in [6.07, 6.45) is 1.49. The van der Waals surface area contributed by atoms with Crippen LogP contribution in [0.4, 0.5) is 4.39 Å². The average molecular weight is 193 g/mol. The summed E-state index contributed by atoms with van der Waals surface area (Å²) < 4.78 is 13.4. The number of benzene rings is 1. The molecule has 1 aliphatic rings. The highest BCUT2D eigenvalue weighted by Gasteiger charge is 2.52. The van der Waals surface area contributed by atoms with Crippen LogP contribution in [-0.2, 0) is 10.2 Å². The van der Waals surface area contributed by atoms with Gasteiger partial charge in [0.2, 0.25) is 5.91 Å². The van der Waals surface area contributed by atoms with Crippen LogP contribution in [0.25, 0.3) is 0 Å². The third-order valence-corrected chi connectivity index (χ3v) is 2.80. The van der Waals surface area contributed by atoms with Crippen LogP contribution in [0.2, 0.25) is 0 Å². The standard InChI is InChI=1S/C11H12FNO/c1-13-10(14)11(6-7-11)8-4-2-3-5-9(8)12/h2-5H,6-7H2,1H3,(H,13,14). The zero-order valence-electron chi connectivity index (χ0n) is 8.01. The number of likely N-dealkylation sites (N-methyl/N-ethyl adjacent to an activating group) is 1. The van der Waals surface area contributed by atoms with Gasteiger partial charge in [-0.15, -0.1) is 0 Å². The molecule has 1 saturated carbocycles. The molecular weight excluding hydrogens is 181 g/mol. The fourth-order valence-corrected chi connectivity index (χ4v) is 1.83. The second-order valence-corrected chi connectivity index (χ2v) is 3.64. The average Bonchev–Trinajstić information content (AvgIpc) is 2.98. The molecule has 3 heteroatoms. The Balaban J connectivity index is 2.40. The lowest BCUT2D eigenvalue weighted by atomic mass is 9.94. The first-order valence-corrected chi connectivity index (χ1v) is 4.68. The van der Waals surface area contributed by atoms with Crippen LogP contribution in [-0.4, -0.2) is 13.0 Å². The monoisotopic (exact) mass is 193 g/mol. The molecule has 1 aromatic rings. The largest absolute Gasteiger partial charge is 0.358 e. The summed E-state index contributed by atoms with van der Waals surface area (Å²) in [6, 6.07) is 6.50. The van der Waals surface area contributed by atoms with Gasteiger partial charge in [0.15, 0.2) is 0 Å². The van der Waals surface area contributed by atoms with E-state index in [1.807, 2.05) is 0 Å². The molecule has 0 saturated heterocycles. The van der Waals surface area contributed by atoms with Gasteiger partial charge in [0.05, 0.1) is 5.41 Å². The lowest BCUT2D eigenvalue weighted by Gasteiger charge is -2.14. The quantitative estimate of drug-likeness (QED) is 0.759. The van der Waals surface area contributed by atoms with Crippen molar-refractivity contribution in [3.8, 4) is 0 Å². The third kappa shape index (κ3) is 1.20. The van der Waals surface area contributed by atoms with Gasteiger partial charge in [0.25, 0.3) is 0 Å². The zero-order valence-corrected chi connectivity index (χ0v) is 8.01. The van der Waals surface area contributed by atoms with Crippen LogP contribution >= 0.6 is 0 Å². The van der Waals surface area contributed by atoms with Crippen LogP contribution in [0.1, 0.15) is 18.4 Å². The molecule has 0 aromatic heterocycles. The first kappa shape index (κ1) is 9.19.